The third-order valence-corrected chi connectivity index (χ3v) is 2.48. The van der Waals surface area contributed by atoms with Crippen LogP contribution in [0.15, 0.2) is 15.7 Å². The number of aromatic nitrogens is 2. The number of ether oxygens (including phenoxy) is 1. The Morgan fingerprint density at radius 3 is 2.80 bits per heavy atom. The Morgan fingerprint density at radius 1 is 1.47 bits per heavy atom. The number of rotatable bonds is 4. The maximum atomic E-state index is 10.9. The normalized spacial score (nSPS) is 9.93. The fourth-order valence-corrected chi connectivity index (χ4v) is 1.66. The molecule has 0 aromatic carbocycles. The van der Waals surface area contributed by atoms with E-state index in [0.29, 0.717) is 11.4 Å². The van der Waals surface area contributed by atoms with Gasteiger partial charge in [-0.15, -0.1) is 11.8 Å². The van der Waals surface area contributed by atoms with Crippen molar-refractivity contribution in [2.45, 2.75) is 5.75 Å². The van der Waals surface area contributed by atoms with Gasteiger partial charge in [0.2, 0.25) is 0 Å². The molecule has 0 bridgehead atoms. The van der Waals surface area contributed by atoms with Gasteiger partial charge < -0.3 is 9.72 Å². The molecule has 0 spiro atoms. The molecule has 0 fully saturated rings. The SMILES string of the molecule is COC(=O)CSCc1cc(=O)[nH]c(=O)[nH]1. The van der Waals surface area contributed by atoms with Gasteiger partial charge in [0, 0.05) is 17.5 Å². The number of carbonyl (C=O) groups is 1. The molecule has 0 unspecified atom stereocenters. The fourth-order valence-electron chi connectivity index (χ4n) is 0.900. The van der Waals surface area contributed by atoms with Crippen molar-refractivity contribution in [3.05, 3.63) is 32.6 Å². The second-order valence-corrected chi connectivity index (χ2v) is 3.67. The van der Waals surface area contributed by atoms with Crippen LogP contribution in [0.5, 0.6) is 0 Å². The predicted octanol–water partition coefficient (Wildman–Crippen LogP) is -0.531. The molecule has 1 heterocycles. The first-order chi connectivity index (χ1) is 7.11. The summed E-state index contributed by atoms with van der Waals surface area (Å²) in [5.41, 5.74) is -0.513. The highest BCUT2D eigenvalue weighted by Crippen LogP contribution is 2.07. The summed E-state index contributed by atoms with van der Waals surface area (Å²) in [6.07, 6.45) is 0. The van der Waals surface area contributed by atoms with E-state index in [1.54, 1.807) is 0 Å². The number of thioether (sulfide) groups is 1. The smallest absolute Gasteiger partial charge is 0.325 e. The number of H-pyrrole nitrogens is 2. The van der Waals surface area contributed by atoms with E-state index in [1.807, 2.05) is 0 Å². The Morgan fingerprint density at radius 2 is 2.20 bits per heavy atom. The predicted molar refractivity (Wildman–Crippen MR) is 55.9 cm³/mol. The molecule has 0 aliphatic heterocycles. The lowest BCUT2D eigenvalue weighted by Gasteiger charge is -1.99. The van der Waals surface area contributed by atoms with E-state index < -0.39 is 11.2 Å². The number of hydrogen-bond acceptors (Lipinski definition) is 5. The molecule has 1 aromatic heterocycles. The van der Waals surface area contributed by atoms with Gasteiger partial charge in [0.15, 0.2) is 0 Å². The summed E-state index contributed by atoms with van der Waals surface area (Å²) < 4.78 is 4.44. The van der Waals surface area contributed by atoms with E-state index in [4.69, 9.17) is 0 Å². The van der Waals surface area contributed by atoms with Gasteiger partial charge in [-0.1, -0.05) is 0 Å². The first-order valence-corrected chi connectivity index (χ1v) is 5.24. The van der Waals surface area contributed by atoms with Crippen LogP contribution in [0.25, 0.3) is 0 Å². The van der Waals surface area contributed by atoms with E-state index in [-0.39, 0.29) is 11.7 Å². The second-order valence-electron chi connectivity index (χ2n) is 2.68. The molecule has 7 heteroatoms. The van der Waals surface area contributed by atoms with Gasteiger partial charge in [0.05, 0.1) is 12.9 Å². The van der Waals surface area contributed by atoms with Gasteiger partial charge in [-0.25, -0.2) is 4.79 Å². The minimum Gasteiger partial charge on any atom is -0.468 e. The summed E-state index contributed by atoms with van der Waals surface area (Å²) in [4.78, 5) is 37.0. The van der Waals surface area contributed by atoms with Gasteiger partial charge in [0.1, 0.15) is 0 Å². The van der Waals surface area contributed by atoms with Crippen molar-refractivity contribution in [2.24, 2.45) is 0 Å². The van der Waals surface area contributed by atoms with Gasteiger partial charge in [-0.3, -0.25) is 14.6 Å². The Kier molecular flexibility index (Phi) is 4.17. The molecule has 15 heavy (non-hydrogen) atoms. The topological polar surface area (TPSA) is 92.0 Å². The maximum absolute atomic E-state index is 10.9. The van der Waals surface area contributed by atoms with Crippen LogP contribution < -0.4 is 11.2 Å². The van der Waals surface area contributed by atoms with Crippen LogP contribution in [0.4, 0.5) is 0 Å². The molecule has 0 atom stereocenters. The average molecular weight is 230 g/mol. The number of carbonyl (C=O) groups excluding carboxylic acids is 1. The fraction of sp³-hybridized carbons (Fsp3) is 0.375. The summed E-state index contributed by atoms with van der Waals surface area (Å²) in [6.45, 7) is 0. The molecular weight excluding hydrogens is 220 g/mol. The molecule has 0 amide bonds. The number of methoxy groups -OCH3 is 1. The molecule has 1 rings (SSSR count). The zero-order valence-electron chi connectivity index (χ0n) is 8.03. The highest BCUT2D eigenvalue weighted by Gasteiger charge is 2.02. The third kappa shape index (κ3) is 4.03. The number of esters is 1. The van der Waals surface area contributed by atoms with E-state index in [0.717, 1.165) is 0 Å². The second kappa shape index (κ2) is 5.40. The number of aromatic amines is 2. The highest BCUT2D eigenvalue weighted by molar-refractivity contribution is 7.99. The molecule has 0 radical (unpaired) electrons. The Bertz CT molecular complexity index is 422. The van der Waals surface area contributed by atoms with E-state index in [2.05, 4.69) is 14.7 Å². The van der Waals surface area contributed by atoms with Crippen molar-refractivity contribution in [3.8, 4) is 0 Å². The van der Waals surface area contributed by atoms with E-state index in [1.165, 1.54) is 24.9 Å². The lowest BCUT2D eigenvalue weighted by Crippen LogP contribution is -2.22. The molecular formula is C8H10N2O4S. The Labute approximate surface area is 89.1 Å². The summed E-state index contributed by atoms with van der Waals surface area (Å²) in [7, 11) is 1.30. The highest BCUT2D eigenvalue weighted by atomic mass is 32.2. The summed E-state index contributed by atoms with van der Waals surface area (Å²) in [5.74, 6) is 0.228. The summed E-state index contributed by atoms with van der Waals surface area (Å²) in [5, 5.41) is 0. The molecule has 0 aliphatic carbocycles. The number of nitrogens with one attached hydrogen (secondary N) is 2. The van der Waals surface area contributed by atoms with Gasteiger partial charge in [0.25, 0.3) is 5.56 Å². The van der Waals surface area contributed by atoms with E-state index in [9.17, 15) is 14.4 Å². The van der Waals surface area contributed by atoms with Crippen molar-refractivity contribution in [1.82, 2.24) is 9.97 Å². The minimum absolute atomic E-state index is 0.186. The molecule has 1 aromatic rings. The molecule has 6 nitrogen and oxygen atoms in total. The van der Waals surface area contributed by atoms with Gasteiger partial charge >= 0.3 is 11.7 Å². The minimum atomic E-state index is -0.545. The first kappa shape index (κ1) is 11.6. The standard InChI is InChI=1S/C8H10N2O4S/c1-14-7(12)4-15-3-5-2-6(11)10-8(13)9-5/h2H,3-4H2,1H3,(H2,9,10,11,13). The zero-order valence-corrected chi connectivity index (χ0v) is 8.85. The average Bonchev–Trinajstić information content (AvgIpc) is 2.16. The van der Waals surface area contributed by atoms with Crippen molar-refractivity contribution in [1.29, 1.82) is 0 Å². The van der Waals surface area contributed by atoms with Crippen molar-refractivity contribution in [2.75, 3.05) is 12.9 Å². The summed E-state index contributed by atoms with van der Waals surface area (Å²) >= 11 is 1.26. The van der Waals surface area contributed by atoms with Crippen molar-refractivity contribution >= 4 is 17.7 Å². The van der Waals surface area contributed by atoms with Crippen molar-refractivity contribution < 1.29 is 9.53 Å². The molecule has 2 N–H and O–H groups in total. The van der Waals surface area contributed by atoms with Crippen molar-refractivity contribution in [3.63, 3.8) is 0 Å². The Balaban J connectivity index is 2.55. The van der Waals surface area contributed by atoms with E-state index >= 15 is 0 Å². The zero-order chi connectivity index (χ0) is 11.3. The Hall–Kier alpha value is -1.50. The monoisotopic (exact) mass is 230 g/mol. The van der Waals surface area contributed by atoms with Gasteiger partial charge in [-0.05, 0) is 0 Å². The quantitative estimate of drug-likeness (QED) is 0.678. The van der Waals surface area contributed by atoms with Crippen LogP contribution in [0.1, 0.15) is 5.69 Å². The molecule has 82 valence electrons. The van der Waals surface area contributed by atoms with Gasteiger partial charge in [-0.2, -0.15) is 0 Å². The van der Waals surface area contributed by atoms with Crippen LogP contribution >= 0.6 is 11.8 Å². The van der Waals surface area contributed by atoms with Crippen LogP contribution in [-0.2, 0) is 15.3 Å². The van der Waals surface area contributed by atoms with Crippen LogP contribution in [0.2, 0.25) is 0 Å². The first-order valence-electron chi connectivity index (χ1n) is 4.09. The molecule has 0 saturated heterocycles. The largest absolute Gasteiger partial charge is 0.468 e. The third-order valence-electron chi connectivity index (χ3n) is 1.52. The molecule has 0 aliphatic rings. The number of hydrogen-bond donors (Lipinski definition) is 2. The summed E-state index contributed by atoms with van der Waals surface area (Å²) in [6, 6.07) is 1.28. The van der Waals surface area contributed by atoms with Crippen LogP contribution in [0, 0.1) is 0 Å². The maximum Gasteiger partial charge on any atom is 0.325 e. The lowest BCUT2D eigenvalue weighted by atomic mass is 10.4. The lowest BCUT2D eigenvalue weighted by molar-refractivity contribution is -0.137. The van der Waals surface area contributed by atoms with Crippen LogP contribution in [-0.4, -0.2) is 28.8 Å². The van der Waals surface area contributed by atoms with Crippen LogP contribution in [0.3, 0.4) is 0 Å². The molecule has 0 saturated carbocycles.